The molecule has 1 aliphatic heterocycles. The zero-order valence-electron chi connectivity index (χ0n) is 16.8. The molecule has 2 aromatic carbocycles. The average molecular weight is 388 g/mol. The first kappa shape index (κ1) is 18.9. The van der Waals surface area contributed by atoms with Gasteiger partial charge in [0.25, 0.3) is 5.91 Å². The molecule has 1 amide bonds. The van der Waals surface area contributed by atoms with E-state index in [2.05, 4.69) is 28.3 Å². The molecule has 1 N–H and O–H groups in total. The lowest BCUT2D eigenvalue weighted by Crippen LogP contribution is -2.36. The van der Waals surface area contributed by atoms with Crippen molar-refractivity contribution in [3.63, 3.8) is 0 Å². The summed E-state index contributed by atoms with van der Waals surface area (Å²) in [6, 6.07) is 17.3. The fourth-order valence-electron chi connectivity index (χ4n) is 3.55. The van der Waals surface area contributed by atoms with Crippen molar-refractivity contribution in [2.75, 3.05) is 10.2 Å². The number of carbonyl (C=O) groups excluding carboxylic acids is 1. The van der Waals surface area contributed by atoms with Gasteiger partial charge in [0, 0.05) is 23.6 Å². The van der Waals surface area contributed by atoms with E-state index in [1.54, 1.807) is 12.3 Å². The number of para-hydroxylation sites is 1. The smallest absolute Gasteiger partial charge is 0.277 e. The first-order chi connectivity index (χ1) is 14.0. The Kier molecular flexibility index (Phi) is 5.16. The lowest BCUT2D eigenvalue weighted by atomic mass is 10.1. The molecule has 1 unspecified atom stereocenters. The van der Waals surface area contributed by atoms with Crippen molar-refractivity contribution in [2.24, 2.45) is 0 Å². The van der Waals surface area contributed by atoms with Crippen LogP contribution in [-0.2, 0) is 6.42 Å². The summed E-state index contributed by atoms with van der Waals surface area (Å²) in [6.07, 6.45) is 2.58. The number of anilines is 3. The third kappa shape index (κ3) is 4.06. The summed E-state index contributed by atoms with van der Waals surface area (Å²) in [5.74, 6) is 1.07. The van der Waals surface area contributed by atoms with Crippen LogP contribution >= 0.6 is 0 Å². The minimum Gasteiger partial charge on any atom is -0.491 e. The van der Waals surface area contributed by atoms with Gasteiger partial charge in [0.2, 0.25) is 5.95 Å². The predicted molar refractivity (Wildman–Crippen MR) is 114 cm³/mol. The van der Waals surface area contributed by atoms with Crippen molar-refractivity contribution in [3.8, 4) is 5.75 Å². The van der Waals surface area contributed by atoms with Crippen LogP contribution in [0.1, 0.15) is 36.8 Å². The third-order valence-corrected chi connectivity index (χ3v) is 4.78. The first-order valence-electron chi connectivity index (χ1n) is 9.79. The zero-order valence-corrected chi connectivity index (χ0v) is 16.8. The second-order valence-corrected chi connectivity index (χ2v) is 7.44. The van der Waals surface area contributed by atoms with Crippen molar-refractivity contribution in [1.29, 1.82) is 0 Å². The Morgan fingerprint density at radius 3 is 2.66 bits per heavy atom. The number of ether oxygens (including phenoxy) is 1. The Hall–Kier alpha value is -3.41. The summed E-state index contributed by atoms with van der Waals surface area (Å²) < 4.78 is 5.66. The Morgan fingerprint density at radius 2 is 1.90 bits per heavy atom. The highest BCUT2D eigenvalue weighted by Crippen LogP contribution is 2.32. The van der Waals surface area contributed by atoms with E-state index >= 15 is 0 Å². The van der Waals surface area contributed by atoms with Crippen LogP contribution in [0.4, 0.5) is 17.3 Å². The summed E-state index contributed by atoms with van der Waals surface area (Å²) in [5, 5.41) is 3.15. The highest BCUT2D eigenvalue weighted by molar-refractivity contribution is 6.06. The van der Waals surface area contributed by atoms with E-state index in [0.29, 0.717) is 11.6 Å². The number of hydrogen-bond acceptors (Lipinski definition) is 5. The van der Waals surface area contributed by atoms with Crippen LogP contribution in [0.15, 0.2) is 60.8 Å². The molecule has 6 heteroatoms. The molecule has 0 bridgehead atoms. The van der Waals surface area contributed by atoms with E-state index in [-0.39, 0.29) is 18.1 Å². The van der Waals surface area contributed by atoms with Crippen LogP contribution in [0.3, 0.4) is 0 Å². The highest BCUT2D eigenvalue weighted by Gasteiger charge is 2.31. The normalized spacial score (nSPS) is 15.3. The molecule has 0 fully saturated rings. The molecule has 0 aliphatic carbocycles. The standard InChI is InChI=1S/C23H24N4O2/c1-15(2)29-19-10-8-18(9-11-19)25-23-24-13-12-20(26-23)22(28)27-16(3)14-17-6-4-5-7-21(17)27/h4-13,15-16H,14H2,1-3H3,(H,24,25,26). The van der Waals surface area contributed by atoms with Gasteiger partial charge >= 0.3 is 0 Å². The van der Waals surface area contributed by atoms with Crippen LogP contribution in [0.25, 0.3) is 0 Å². The second kappa shape index (κ2) is 7.91. The molecule has 0 spiro atoms. The minimum atomic E-state index is -0.117. The van der Waals surface area contributed by atoms with Gasteiger partial charge in [-0.1, -0.05) is 18.2 Å². The maximum atomic E-state index is 13.2. The van der Waals surface area contributed by atoms with E-state index in [4.69, 9.17) is 4.74 Å². The van der Waals surface area contributed by atoms with E-state index in [1.807, 2.05) is 61.2 Å². The van der Waals surface area contributed by atoms with Gasteiger partial charge in [-0.3, -0.25) is 4.79 Å². The molecule has 29 heavy (non-hydrogen) atoms. The second-order valence-electron chi connectivity index (χ2n) is 7.44. The maximum Gasteiger partial charge on any atom is 0.277 e. The Balaban J connectivity index is 1.52. The van der Waals surface area contributed by atoms with Crippen molar-refractivity contribution in [1.82, 2.24) is 9.97 Å². The van der Waals surface area contributed by atoms with Crippen LogP contribution < -0.4 is 15.0 Å². The summed E-state index contributed by atoms with van der Waals surface area (Å²) in [6.45, 7) is 6.03. The highest BCUT2D eigenvalue weighted by atomic mass is 16.5. The SMILES string of the molecule is CC(C)Oc1ccc(Nc2nccc(C(=O)N3c4ccccc4CC3C)n2)cc1. The topological polar surface area (TPSA) is 67.3 Å². The van der Waals surface area contributed by atoms with Crippen molar-refractivity contribution >= 4 is 23.2 Å². The van der Waals surface area contributed by atoms with Gasteiger partial charge < -0.3 is 15.0 Å². The average Bonchev–Trinajstić information content (AvgIpc) is 3.04. The van der Waals surface area contributed by atoms with E-state index in [0.717, 1.165) is 23.5 Å². The lowest BCUT2D eigenvalue weighted by molar-refractivity contribution is 0.0976. The molecule has 4 rings (SSSR count). The molecule has 1 aliphatic rings. The number of hydrogen-bond donors (Lipinski definition) is 1. The monoisotopic (exact) mass is 388 g/mol. The van der Waals surface area contributed by atoms with Gasteiger partial charge in [-0.05, 0) is 69.2 Å². The lowest BCUT2D eigenvalue weighted by Gasteiger charge is -2.22. The van der Waals surface area contributed by atoms with Gasteiger partial charge in [-0.2, -0.15) is 0 Å². The van der Waals surface area contributed by atoms with Crippen LogP contribution in [0, 0.1) is 0 Å². The number of rotatable bonds is 5. The molecule has 3 aromatic rings. The summed E-state index contributed by atoms with van der Waals surface area (Å²) in [7, 11) is 0. The number of amides is 1. The number of nitrogens with zero attached hydrogens (tertiary/aromatic N) is 3. The molecule has 0 saturated heterocycles. The van der Waals surface area contributed by atoms with Gasteiger partial charge in [-0.25, -0.2) is 9.97 Å². The summed E-state index contributed by atoms with van der Waals surface area (Å²) >= 11 is 0. The van der Waals surface area contributed by atoms with Crippen LogP contribution in [0.2, 0.25) is 0 Å². The summed E-state index contributed by atoms with van der Waals surface area (Å²) in [4.78, 5) is 23.7. The van der Waals surface area contributed by atoms with Crippen molar-refractivity contribution < 1.29 is 9.53 Å². The maximum absolute atomic E-state index is 13.2. The van der Waals surface area contributed by atoms with Crippen molar-refractivity contribution in [3.05, 3.63) is 72.1 Å². The zero-order chi connectivity index (χ0) is 20.4. The molecular formula is C23H24N4O2. The first-order valence-corrected chi connectivity index (χ1v) is 9.79. The van der Waals surface area contributed by atoms with Crippen LogP contribution in [0.5, 0.6) is 5.75 Å². The quantitative estimate of drug-likeness (QED) is 0.692. The van der Waals surface area contributed by atoms with Gasteiger partial charge in [0.05, 0.1) is 6.10 Å². The summed E-state index contributed by atoms with van der Waals surface area (Å²) in [5.41, 5.74) is 3.33. The molecule has 1 atom stereocenters. The van der Waals surface area contributed by atoms with Crippen LogP contribution in [-0.4, -0.2) is 28.0 Å². The Labute approximate surface area is 170 Å². The molecule has 2 heterocycles. The fourth-order valence-corrected chi connectivity index (χ4v) is 3.55. The molecular weight excluding hydrogens is 364 g/mol. The minimum absolute atomic E-state index is 0.0970. The molecule has 1 aromatic heterocycles. The van der Waals surface area contributed by atoms with Gasteiger partial charge in [-0.15, -0.1) is 0 Å². The molecule has 0 radical (unpaired) electrons. The number of carbonyl (C=O) groups is 1. The number of aromatic nitrogens is 2. The largest absolute Gasteiger partial charge is 0.491 e. The van der Waals surface area contributed by atoms with E-state index in [9.17, 15) is 4.79 Å². The van der Waals surface area contributed by atoms with Gasteiger partial charge in [0.15, 0.2) is 0 Å². The third-order valence-electron chi connectivity index (χ3n) is 4.78. The van der Waals surface area contributed by atoms with E-state index in [1.165, 1.54) is 5.56 Å². The predicted octanol–water partition coefficient (Wildman–Crippen LogP) is 4.60. The van der Waals surface area contributed by atoms with E-state index < -0.39 is 0 Å². The fraction of sp³-hybridized carbons (Fsp3) is 0.261. The van der Waals surface area contributed by atoms with Gasteiger partial charge in [0.1, 0.15) is 11.4 Å². The number of nitrogens with one attached hydrogen (secondary N) is 1. The Morgan fingerprint density at radius 1 is 1.14 bits per heavy atom. The Bertz CT molecular complexity index is 1020. The number of benzene rings is 2. The number of fused-ring (bicyclic) bond motifs is 1. The van der Waals surface area contributed by atoms with Crippen molar-refractivity contribution in [2.45, 2.75) is 39.3 Å². The molecule has 148 valence electrons. The molecule has 6 nitrogen and oxygen atoms in total. The molecule has 0 saturated carbocycles.